The van der Waals surface area contributed by atoms with E-state index in [0.717, 1.165) is 18.4 Å². The lowest BCUT2D eigenvalue weighted by molar-refractivity contribution is -0.142. The minimum atomic E-state index is -0.0573. The Labute approximate surface area is 206 Å². The van der Waals surface area contributed by atoms with Gasteiger partial charge >= 0.3 is 5.97 Å². The van der Waals surface area contributed by atoms with E-state index in [0.29, 0.717) is 13.0 Å². The zero-order valence-electron chi connectivity index (χ0n) is 22.8. The summed E-state index contributed by atoms with van der Waals surface area (Å²) >= 11 is 0. The fourth-order valence-electron chi connectivity index (χ4n) is 4.92. The molecule has 0 amide bonds. The van der Waals surface area contributed by atoms with Crippen molar-refractivity contribution in [3.8, 4) is 0 Å². The van der Waals surface area contributed by atoms with E-state index in [9.17, 15) is 4.79 Å². The van der Waals surface area contributed by atoms with Crippen molar-refractivity contribution in [3.05, 3.63) is 34.9 Å². The number of hydrogen-bond donors (Lipinski definition) is 0. The van der Waals surface area contributed by atoms with E-state index >= 15 is 0 Å². The minimum Gasteiger partial charge on any atom is -0.461 e. The predicted octanol–water partition coefficient (Wildman–Crippen LogP) is 10.0. The zero-order chi connectivity index (χ0) is 24.4. The highest BCUT2D eigenvalue weighted by Crippen LogP contribution is 2.40. The van der Waals surface area contributed by atoms with Gasteiger partial charge in [0, 0.05) is 6.42 Å². The summed E-state index contributed by atoms with van der Waals surface area (Å²) in [6.45, 7) is 11.7. The monoisotopic (exact) mass is 458 g/mol. The Morgan fingerprint density at radius 3 is 2.00 bits per heavy atom. The summed E-state index contributed by atoms with van der Waals surface area (Å²) < 4.78 is 5.41. The topological polar surface area (TPSA) is 26.3 Å². The summed E-state index contributed by atoms with van der Waals surface area (Å²) in [5, 5.41) is 0. The average molecular weight is 459 g/mol. The molecule has 190 valence electrons. The lowest BCUT2D eigenvalue weighted by Gasteiger charge is -2.32. The summed E-state index contributed by atoms with van der Waals surface area (Å²) in [4.78, 5) is 12.0. The molecule has 0 saturated heterocycles. The van der Waals surface area contributed by atoms with Crippen LogP contribution in [0.2, 0.25) is 0 Å². The van der Waals surface area contributed by atoms with Crippen LogP contribution < -0.4 is 0 Å². The van der Waals surface area contributed by atoms with Crippen LogP contribution in [0, 0.1) is 5.41 Å². The number of unbranched alkanes of at least 4 members (excludes halogenated alkanes) is 12. The van der Waals surface area contributed by atoms with Crippen LogP contribution in [-0.2, 0) is 9.53 Å². The van der Waals surface area contributed by atoms with Crippen LogP contribution >= 0.6 is 0 Å². The second kappa shape index (κ2) is 18.1. The molecule has 0 radical (unpaired) electrons. The van der Waals surface area contributed by atoms with E-state index in [1.165, 1.54) is 101 Å². The Balaban J connectivity index is 2.05. The first kappa shape index (κ1) is 29.7. The standard InChI is InChI=1S/C31H54O2/c1-6-7-8-9-10-11-12-13-14-15-16-17-18-21-30(32)33-26-24-27(2)22-23-29-28(3)20-19-25-31(29,4)5/h22-24H,6-21,25-26H2,1-5H3. The molecule has 1 aliphatic carbocycles. The molecule has 0 saturated carbocycles. The van der Waals surface area contributed by atoms with Gasteiger partial charge in [-0.05, 0) is 56.6 Å². The van der Waals surface area contributed by atoms with Crippen molar-refractivity contribution < 1.29 is 9.53 Å². The minimum absolute atomic E-state index is 0.0573. The van der Waals surface area contributed by atoms with Crippen LogP contribution in [-0.4, -0.2) is 12.6 Å². The highest BCUT2D eigenvalue weighted by Gasteiger charge is 2.26. The Morgan fingerprint density at radius 2 is 1.45 bits per heavy atom. The Morgan fingerprint density at radius 1 is 0.909 bits per heavy atom. The molecule has 0 aromatic rings. The number of esters is 1. The molecular weight excluding hydrogens is 404 g/mol. The quantitative estimate of drug-likeness (QED) is 0.116. The predicted molar refractivity (Wildman–Crippen MR) is 144 cm³/mol. The first-order valence-corrected chi connectivity index (χ1v) is 14.1. The molecule has 33 heavy (non-hydrogen) atoms. The maximum atomic E-state index is 12.0. The summed E-state index contributed by atoms with van der Waals surface area (Å²) in [5.74, 6) is -0.0573. The molecule has 1 aliphatic rings. The average Bonchev–Trinajstić information content (AvgIpc) is 2.76. The number of ether oxygens (including phenoxy) is 1. The van der Waals surface area contributed by atoms with Crippen LogP contribution in [0.25, 0.3) is 0 Å². The van der Waals surface area contributed by atoms with Crippen LogP contribution in [0.1, 0.15) is 144 Å². The Bertz CT molecular complexity index is 621. The molecule has 1 rings (SSSR count). The summed E-state index contributed by atoms with van der Waals surface area (Å²) in [7, 11) is 0. The second-order valence-electron chi connectivity index (χ2n) is 10.9. The van der Waals surface area contributed by atoms with Crippen molar-refractivity contribution >= 4 is 5.97 Å². The lowest BCUT2D eigenvalue weighted by Crippen LogP contribution is -2.19. The van der Waals surface area contributed by atoms with Gasteiger partial charge in [-0.25, -0.2) is 0 Å². The summed E-state index contributed by atoms with van der Waals surface area (Å²) in [5.41, 5.74) is 4.41. The SMILES string of the molecule is CCCCCCCCCCCCCCCC(=O)OCC=C(C)C=CC1=C(C)CCCC1(C)C. The van der Waals surface area contributed by atoms with E-state index in [2.05, 4.69) is 46.8 Å². The fraction of sp³-hybridized carbons (Fsp3) is 0.774. The van der Waals surface area contributed by atoms with E-state index in [4.69, 9.17) is 4.74 Å². The van der Waals surface area contributed by atoms with Crippen molar-refractivity contribution in [2.75, 3.05) is 6.61 Å². The molecule has 0 atom stereocenters. The molecule has 2 nitrogen and oxygen atoms in total. The van der Waals surface area contributed by atoms with E-state index < -0.39 is 0 Å². The van der Waals surface area contributed by atoms with E-state index in [-0.39, 0.29) is 11.4 Å². The maximum absolute atomic E-state index is 12.0. The van der Waals surface area contributed by atoms with Crippen LogP contribution in [0.15, 0.2) is 34.9 Å². The van der Waals surface area contributed by atoms with Gasteiger partial charge in [0.25, 0.3) is 0 Å². The number of hydrogen-bond acceptors (Lipinski definition) is 2. The molecule has 0 aromatic carbocycles. The molecule has 0 bridgehead atoms. The van der Waals surface area contributed by atoms with Gasteiger partial charge in [-0.1, -0.05) is 121 Å². The van der Waals surface area contributed by atoms with E-state index in [1.807, 2.05) is 6.08 Å². The first-order chi connectivity index (χ1) is 15.9. The molecule has 0 aliphatic heterocycles. The van der Waals surface area contributed by atoms with Crippen molar-refractivity contribution in [1.82, 2.24) is 0 Å². The number of allylic oxidation sites excluding steroid dienone is 5. The van der Waals surface area contributed by atoms with Crippen molar-refractivity contribution in [3.63, 3.8) is 0 Å². The number of carbonyl (C=O) groups excluding carboxylic acids is 1. The van der Waals surface area contributed by atoms with Crippen molar-refractivity contribution in [2.24, 2.45) is 5.41 Å². The van der Waals surface area contributed by atoms with Crippen molar-refractivity contribution in [2.45, 2.75) is 144 Å². The fourth-order valence-corrected chi connectivity index (χ4v) is 4.92. The van der Waals surface area contributed by atoms with Gasteiger partial charge in [-0.2, -0.15) is 0 Å². The molecule has 0 spiro atoms. The van der Waals surface area contributed by atoms with Gasteiger partial charge in [0.05, 0.1) is 0 Å². The Hall–Kier alpha value is -1.31. The maximum Gasteiger partial charge on any atom is 0.306 e. The van der Waals surface area contributed by atoms with Gasteiger partial charge < -0.3 is 4.74 Å². The van der Waals surface area contributed by atoms with Gasteiger partial charge in [-0.15, -0.1) is 0 Å². The van der Waals surface area contributed by atoms with Crippen LogP contribution in [0.3, 0.4) is 0 Å². The third-order valence-corrected chi connectivity index (χ3v) is 7.19. The van der Waals surface area contributed by atoms with Crippen molar-refractivity contribution in [1.29, 1.82) is 0 Å². The lowest BCUT2D eigenvalue weighted by atomic mass is 9.72. The molecule has 0 heterocycles. The second-order valence-corrected chi connectivity index (χ2v) is 10.9. The zero-order valence-corrected chi connectivity index (χ0v) is 22.8. The highest BCUT2D eigenvalue weighted by atomic mass is 16.5. The molecule has 0 aromatic heterocycles. The number of carbonyl (C=O) groups is 1. The number of rotatable bonds is 18. The molecule has 0 fully saturated rings. The van der Waals surface area contributed by atoms with E-state index in [1.54, 1.807) is 0 Å². The van der Waals surface area contributed by atoms with Gasteiger partial charge in [0.15, 0.2) is 0 Å². The largest absolute Gasteiger partial charge is 0.461 e. The molecular formula is C31H54O2. The summed E-state index contributed by atoms with van der Waals surface area (Å²) in [6, 6.07) is 0. The molecule has 0 unspecified atom stereocenters. The van der Waals surface area contributed by atoms with Crippen LogP contribution in [0.4, 0.5) is 0 Å². The van der Waals surface area contributed by atoms with Gasteiger partial charge in [0.1, 0.15) is 6.61 Å². The highest BCUT2D eigenvalue weighted by molar-refractivity contribution is 5.69. The normalized spacial score (nSPS) is 16.6. The smallest absolute Gasteiger partial charge is 0.306 e. The molecule has 0 N–H and O–H groups in total. The molecule has 2 heteroatoms. The third kappa shape index (κ3) is 14.5. The summed E-state index contributed by atoms with van der Waals surface area (Å²) in [6.07, 6.45) is 28.0. The van der Waals surface area contributed by atoms with Crippen LogP contribution in [0.5, 0.6) is 0 Å². The van der Waals surface area contributed by atoms with Gasteiger partial charge in [0.2, 0.25) is 0 Å². The first-order valence-electron chi connectivity index (χ1n) is 14.1. The Kier molecular flexibility index (Phi) is 16.3. The third-order valence-electron chi connectivity index (χ3n) is 7.19. The van der Waals surface area contributed by atoms with Gasteiger partial charge in [-0.3, -0.25) is 4.79 Å².